The van der Waals surface area contributed by atoms with E-state index in [0.29, 0.717) is 23.6 Å². The lowest BCUT2D eigenvalue weighted by Crippen LogP contribution is -2.44. The van der Waals surface area contributed by atoms with Crippen LogP contribution in [0.4, 0.5) is 5.69 Å². The van der Waals surface area contributed by atoms with E-state index < -0.39 is 0 Å². The fraction of sp³-hybridized carbons (Fsp3) is 0.318. The van der Waals surface area contributed by atoms with Gasteiger partial charge in [0.15, 0.2) is 17.3 Å². The first kappa shape index (κ1) is 18.6. The highest BCUT2D eigenvalue weighted by Gasteiger charge is 2.15. The topological polar surface area (TPSA) is 79.5 Å². The molecule has 8 heteroatoms. The number of carbonyl (C=O) groups is 1. The maximum absolute atomic E-state index is 11.7. The molecule has 0 radical (unpaired) electrons. The molecular formula is C22H23N7O. The highest BCUT2D eigenvalue weighted by atomic mass is 16.1. The van der Waals surface area contributed by atoms with Crippen molar-refractivity contribution in [2.24, 2.45) is 0 Å². The fourth-order valence-corrected chi connectivity index (χ4v) is 3.83. The minimum absolute atomic E-state index is 0.0789. The van der Waals surface area contributed by atoms with E-state index in [-0.39, 0.29) is 5.78 Å². The lowest BCUT2D eigenvalue weighted by Gasteiger charge is -2.33. The SMILES string of the molecule is CC(=O)c1ccc2nnc(Cc3ccc4ncc(N5CCN(C)CC5)cc4c3)n2n1. The van der Waals surface area contributed by atoms with E-state index in [9.17, 15) is 4.79 Å². The summed E-state index contributed by atoms with van der Waals surface area (Å²) in [5, 5.41) is 14.0. The summed E-state index contributed by atoms with van der Waals surface area (Å²) in [5.74, 6) is 0.625. The summed E-state index contributed by atoms with van der Waals surface area (Å²) >= 11 is 0. The van der Waals surface area contributed by atoms with Crippen LogP contribution in [-0.2, 0) is 6.42 Å². The lowest BCUT2D eigenvalue weighted by molar-refractivity contribution is 0.101. The van der Waals surface area contributed by atoms with Crippen molar-refractivity contribution in [2.45, 2.75) is 13.3 Å². The van der Waals surface area contributed by atoms with E-state index in [1.807, 2.05) is 12.3 Å². The second-order valence-electron chi connectivity index (χ2n) is 7.85. The molecule has 4 heterocycles. The number of carbonyl (C=O) groups excluding carboxylic acids is 1. The molecule has 1 aliphatic rings. The molecule has 0 bridgehead atoms. The Hall–Kier alpha value is -3.39. The Bertz CT molecular complexity index is 1240. The second-order valence-corrected chi connectivity index (χ2v) is 7.85. The van der Waals surface area contributed by atoms with Gasteiger partial charge in [0, 0.05) is 44.9 Å². The summed E-state index contributed by atoms with van der Waals surface area (Å²) in [6.07, 6.45) is 2.54. The number of piperazine rings is 1. The monoisotopic (exact) mass is 401 g/mol. The normalized spacial score (nSPS) is 15.2. The highest BCUT2D eigenvalue weighted by molar-refractivity contribution is 5.92. The van der Waals surface area contributed by atoms with Gasteiger partial charge in [-0.25, -0.2) is 0 Å². The van der Waals surface area contributed by atoms with Gasteiger partial charge < -0.3 is 9.80 Å². The molecule has 0 aliphatic carbocycles. The Labute approximate surface area is 174 Å². The van der Waals surface area contributed by atoms with Gasteiger partial charge in [-0.15, -0.1) is 10.2 Å². The Morgan fingerprint density at radius 2 is 1.87 bits per heavy atom. The third kappa shape index (κ3) is 3.50. The van der Waals surface area contributed by atoms with Crippen molar-refractivity contribution in [3.05, 3.63) is 59.7 Å². The van der Waals surface area contributed by atoms with Gasteiger partial charge in [0.05, 0.1) is 17.4 Å². The number of fused-ring (bicyclic) bond motifs is 2. The standard InChI is InChI=1S/C22H23N7O/c1-15(30)19-5-6-21-24-25-22(29(21)26-19)12-16-3-4-20-17(11-16)13-18(14-23-20)28-9-7-27(2)8-10-28/h3-6,11,13-14H,7-10,12H2,1-2H3. The number of hydrogen-bond acceptors (Lipinski definition) is 7. The largest absolute Gasteiger partial charge is 0.368 e. The Morgan fingerprint density at radius 1 is 1.03 bits per heavy atom. The number of benzene rings is 1. The van der Waals surface area contributed by atoms with Gasteiger partial charge in [0.25, 0.3) is 0 Å². The summed E-state index contributed by atoms with van der Waals surface area (Å²) in [6, 6.07) is 11.9. The zero-order valence-electron chi connectivity index (χ0n) is 17.1. The number of hydrogen-bond donors (Lipinski definition) is 0. The Kier molecular flexibility index (Phi) is 4.63. The maximum atomic E-state index is 11.7. The molecule has 0 unspecified atom stereocenters. The van der Waals surface area contributed by atoms with Crippen LogP contribution in [0.1, 0.15) is 28.8 Å². The molecule has 1 saturated heterocycles. The zero-order valence-corrected chi connectivity index (χ0v) is 17.1. The first-order chi connectivity index (χ1) is 14.6. The van der Waals surface area contributed by atoms with Crippen LogP contribution in [0, 0.1) is 0 Å². The van der Waals surface area contributed by atoms with Crippen LogP contribution in [0.5, 0.6) is 0 Å². The van der Waals surface area contributed by atoms with Crippen molar-refractivity contribution in [2.75, 3.05) is 38.1 Å². The average molecular weight is 401 g/mol. The summed E-state index contributed by atoms with van der Waals surface area (Å²) in [7, 11) is 2.16. The third-order valence-electron chi connectivity index (χ3n) is 5.65. The van der Waals surface area contributed by atoms with Gasteiger partial charge in [-0.2, -0.15) is 9.61 Å². The van der Waals surface area contributed by atoms with Crippen LogP contribution in [-0.4, -0.2) is 68.7 Å². The van der Waals surface area contributed by atoms with Gasteiger partial charge in [-0.1, -0.05) is 6.07 Å². The quantitative estimate of drug-likeness (QED) is 0.485. The molecule has 4 aromatic rings. The smallest absolute Gasteiger partial charge is 0.179 e. The molecule has 1 aliphatic heterocycles. The molecule has 30 heavy (non-hydrogen) atoms. The molecule has 0 saturated carbocycles. The maximum Gasteiger partial charge on any atom is 0.179 e. The van der Waals surface area contributed by atoms with Crippen molar-refractivity contribution >= 4 is 28.0 Å². The van der Waals surface area contributed by atoms with Crippen molar-refractivity contribution in [3.63, 3.8) is 0 Å². The van der Waals surface area contributed by atoms with E-state index in [0.717, 1.165) is 48.3 Å². The number of nitrogens with zero attached hydrogens (tertiary/aromatic N) is 7. The molecule has 1 fully saturated rings. The van der Waals surface area contributed by atoms with Gasteiger partial charge in [-0.3, -0.25) is 9.78 Å². The van der Waals surface area contributed by atoms with E-state index in [2.05, 4.69) is 55.3 Å². The van der Waals surface area contributed by atoms with E-state index in [4.69, 9.17) is 0 Å². The van der Waals surface area contributed by atoms with Crippen molar-refractivity contribution in [1.82, 2.24) is 29.7 Å². The summed E-state index contributed by atoms with van der Waals surface area (Å²) in [6.45, 7) is 5.66. The van der Waals surface area contributed by atoms with Gasteiger partial charge in [0.2, 0.25) is 0 Å². The highest BCUT2D eigenvalue weighted by Crippen LogP contribution is 2.23. The molecule has 0 atom stereocenters. The lowest BCUT2D eigenvalue weighted by atomic mass is 10.1. The number of aromatic nitrogens is 5. The van der Waals surface area contributed by atoms with Crippen LogP contribution in [0.25, 0.3) is 16.6 Å². The van der Waals surface area contributed by atoms with Crippen LogP contribution in [0.15, 0.2) is 42.6 Å². The first-order valence-corrected chi connectivity index (χ1v) is 10.1. The van der Waals surface area contributed by atoms with Crippen LogP contribution in [0.2, 0.25) is 0 Å². The van der Waals surface area contributed by atoms with E-state index in [1.54, 1.807) is 16.6 Å². The van der Waals surface area contributed by atoms with Crippen LogP contribution >= 0.6 is 0 Å². The van der Waals surface area contributed by atoms with Crippen molar-refractivity contribution < 1.29 is 4.79 Å². The second kappa shape index (κ2) is 7.46. The first-order valence-electron chi connectivity index (χ1n) is 10.1. The van der Waals surface area contributed by atoms with E-state index in [1.165, 1.54) is 6.92 Å². The van der Waals surface area contributed by atoms with Crippen LogP contribution < -0.4 is 4.90 Å². The van der Waals surface area contributed by atoms with E-state index >= 15 is 0 Å². The zero-order chi connectivity index (χ0) is 20.7. The number of ketones is 1. The molecule has 3 aromatic heterocycles. The molecule has 0 N–H and O–H groups in total. The predicted molar refractivity (Wildman–Crippen MR) is 115 cm³/mol. The predicted octanol–water partition coefficient (Wildman–Crippen LogP) is 2.22. The fourth-order valence-electron chi connectivity index (χ4n) is 3.83. The van der Waals surface area contributed by atoms with Crippen molar-refractivity contribution in [1.29, 1.82) is 0 Å². The molecule has 5 rings (SSSR count). The number of anilines is 1. The number of rotatable bonds is 4. The van der Waals surface area contributed by atoms with Crippen molar-refractivity contribution in [3.8, 4) is 0 Å². The minimum atomic E-state index is -0.0789. The summed E-state index contributed by atoms with van der Waals surface area (Å²) in [4.78, 5) is 21.1. The number of likely N-dealkylation sites (N-methyl/N-ethyl adjacent to an activating group) is 1. The van der Waals surface area contributed by atoms with Gasteiger partial charge >= 0.3 is 0 Å². The van der Waals surface area contributed by atoms with Gasteiger partial charge in [0.1, 0.15) is 5.69 Å². The minimum Gasteiger partial charge on any atom is -0.368 e. The summed E-state index contributed by atoms with van der Waals surface area (Å²) in [5.41, 5.74) is 4.27. The molecule has 152 valence electrons. The molecule has 0 spiro atoms. The Balaban J connectivity index is 1.45. The average Bonchev–Trinajstić information content (AvgIpc) is 3.16. The molecular weight excluding hydrogens is 378 g/mol. The number of Topliss-reactive ketones (excluding diaryl/α,β-unsaturated/α-hetero) is 1. The molecule has 1 aromatic carbocycles. The Morgan fingerprint density at radius 3 is 2.67 bits per heavy atom. The molecule has 0 amide bonds. The van der Waals surface area contributed by atoms with Crippen LogP contribution in [0.3, 0.4) is 0 Å². The third-order valence-corrected chi connectivity index (χ3v) is 5.65. The molecule has 8 nitrogen and oxygen atoms in total. The van der Waals surface area contributed by atoms with Gasteiger partial charge in [-0.05, 0) is 42.9 Å². The number of pyridine rings is 1. The summed E-state index contributed by atoms with van der Waals surface area (Å²) < 4.78 is 1.65.